The monoisotopic (exact) mass is 354 g/mol. The zero-order chi connectivity index (χ0) is 17.4. The van der Waals surface area contributed by atoms with Gasteiger partial charge in [-0.05, 0) is 31.9 Å². The van der Waals surface area contributed by atoms with Crippen LogP contribution in [0, 0.1) is 6.92 Å². The highest BCUT2D eigenvalue weighted by Crippen LogP contribution is 2.35. The Kier molecular flexibility index (Phi) is 4.17. The Balaban J connectivity index is 1.67. The first-order chi connectivity index (χ1) is 12.1. The van der Waals surface area contributed by atoms with Gasteiger partial charge in [0.25, 0.3) is 5.91 Å². The summed E-state index contributed by atoms with van der Waals surface area (Å²) in [4.78, 5) is 17.3. The maximum Gasteiger partial charge on any atom is 0.252 e. The number of carbonyl (C=O) groups excluding carboxylic acids is 1. The molecule has 7 heteroatoms. The minimum atomic E-state index is -0.0470. The first-order valence-corrected chi connectivity index (χ1v) is 9.15. The van der Waals surface area contributed by atoms with Crippen molar-refractivity contribution < 1.29 is 9.21 Å². The van der Waals surface area contributed by atoms with Crippen LogP contribution >= 0.6 is 11.8 Å². The molecule has 128 valence electrons. The lowest BCUT2D eigenvalue weighted by Gasteiger charge is -2.11. The van der Waals surface area contributed by atoms with Crippen LogP contribution in [0.1, 0.15) is 47.2 Å². The SMILES string of the molecule is Cc1nnc([C@@H](C)Sc2cc(C(=O)NC3CC3)c3ccccc3n2)o1. The van der Waals surface area contributed by atoms with Crippen LogP contribution in [-0.4, -0.2) is 27.1 Å². The molecule has 2 heterocycles. The minimum Gasteiger partial charge on any atom is -0.424 e. The number of rotatable bonds is 5. The molecular weight excluding hydrogens is 336 g/mol. The Hall–Kier alpha value is -2.41. The second kappa shape index (κ2) is 6.48. The summed E-state index contributed by atoms with van der Waals surface area (Å²) in [5.74, 6) is 1.06. The predicted molar refractivity (Wildman–Crippen MR) is 95.5 cm³/mol. The van der Waals surface area contributed by atoms with Gasteiger partial charge in [-0.25, -0.2) is 4.98 Å². The standard InChI is InChI=1S/C18H18N4O2S/c1-10(18-22-21-11(2)24-18)25-16-9-14(17(23)19-12-7-8-12)13-5-3-4-6-15(13)20-16/h3-6,9-10,12H,7-8H2,1-2H3,(H,19,23)/t10-/m1/s1. The molecule has 1 fully saturated rings. The summed E-state index contributed by atoms with van der Waals surface area (Å²) in [6.45, 7) is 3.75. The first kappa shape index (κ1) is 16.1. The Labute approximate surface area is 149 Å². The molecule has 0 aliphatic heterocycles. The number of nitrogens with one attached hydrogen (secondary N) is 1. The fourth-order valence-corrected chi connectivity index (χ4v) is 3.49. The van der Waals surface area contributed by atoms with Crippen LogP contribution < -0.4 is 5.32 Å². The van der Waals surface area contributed by atoms with E-state index in [9.17, 15) is 4.79 Å². The van der Waals surface area contributed by atoms with Crippen LogP contribution in [0.25, 0.3) is 10.9 Å². The number of aromatic nitrogens is 3. The van der Waals surface area contributed by atoms with Gasteiger partial charge in [0.2, 0.25) is 11.8 Å². The summed E-state index contributed by atoms with van der Waals surface area (Å²) < 4.78 is 5.49. The zero-order valence-electron chi connectivity index (χ0n) is 14.0. The highest BCUT2D eigenvalue weighted by Gasteiger charge is 2.25. The van der Waals surface area contributed by atoms with Crippen molar-refractivity contribution in [2.45, 2.75) is 43.0 Å². The number of amides is 1. The largest absolute Gasteiger partial charge is 0.424 e. The van der Waals surface area contributed by atoms with Gasteiger partial charge >= 0.3 is 0 Å². The summed E-state index contributed by atoms with van der Waals surface area (Å²) in [6.07, 6.45) is 2.12. The van der Waals surface area contributed by atoms with Crippen molar-refractivity contribution >= 4 is 28.6 Å². The topological polar surface area (TPSA) is 80.9 Å². The quantitative estimate of drug-likeness (QED) is 0.704. The van der Waals surface area contributed by atoms with E-state index in [1.54, 1.807) is 6.92 Å². The van der Waals surface area contributed by atoms with Crippen LogP contribution in [-0.2, 0) is 0 Å². The van der Waals surface area contributed by atoms with Gasteiger partial charge in [-0.1, -0.05) is 30.0 Å². The lowest BCUT2D eigenvalue weighted by Crippen LogP contribution is -2.25. The van der Waals surface area contributed by atoms with E-state index >= 15 is 0 Å². The third kappa shape index (κ3) is 3.51. The van der Waals surface area contributed by atoms with Gasteiger partial charge in [0.1, 0.15) is 0 Å². The normalized spacial score (nSPS) is 15.3. The first-order valence-electron chi connectivity index (χ1n) is 8.27. The number of pyridine rings is 1. The van der Waals surface area contributed by atoms with Crippen molar-refractivity contribution in [2.75, 3.05) is 0 Å². The van der Waals surface area contributed by atoms with Crippen LogP contribution in [0.4, 0.5) is 0 Å². The number of fused-ring (bicyclic) bond motifs is 1. The van der Waals surface area contributed by atoms with Crippen molar-refractivity contribution in [1.82, 2.24) is 20.5 Å². The van der Waals surface area contributed by atoms with Gasteiger partial charge in [0, 0.05) is 18.4 Å². The summed E-state index contributed by atoms with van der Waals surface area (Å²) in [7, 11) is 0. The number of thioether (sulfide) groups is 1. The zero-order valence-corrected chi connectivity index (χ0v) is 14.8. The summed E-state index contributed by atoms with van der Waals surface area (Å²) >= 11 is 1.50. The highest BCUT2D eigenvalue weighted by molar-refractivity contribution is 7.99. The number of hydrogen-bond acceptors (Lipinski definition) is 6. The molecule has 0 radical (unpaired) electrons. The van der Waals surface area contributed by atoms with E-state index in [1.807, 2.05) is 37.3 Å². The van der Waals surface area contributed by atoms with Crippen molar-refractivity contribution in [3.8, 4) is 0 Å². The van der Waals surface area contributed by atoms with E-state index in [0.717, 1.165) is 28.8 Å². The van der Waals surface area contributed by atoms with Gasteiger partial charge in [-0.3, -0.25) is 4.79 Å². The molecule has 3 aromatic rings. The number of carbonyl (C=O) groups is 1. The van der Waals surface area contributed by atoms with E-state index in [4.69, 9.17) is 4.42 Å². The average Bonchev–Trinajstić information content (AvgIpc) is 3.31. The summed E-state index contributed by atoms with van der Waals surface area (Å²) in [6, 6.07) is 9.88. The molecule has 0 bridgehead atoms. The molecule has 1 aromatic carbocycles. The van der Waals surface area contributed by atoms with Gasteiger partial charge in [0.15, 0.2) is 0 Å². The van der Waals surface area contributed by atoms with E-state index < -0.39 is 0 Å². The Morgan fingerprint density at radius 2 is 2.12 bits per heavy atom. The molecule has 0 saturated heterocycles. The highest BCUT2D eigenvalue weighted by atomic mass is 32.2. The van der Waals surface area contributed by atoms with E-state index in [0.29, 0.717) is 23.4 Å². The fourth-order valence-electron chi connectivity index (χ4n) is 2.60. The van der Waals surface area contributed by atoms with Gasteiger partial charge in [-0.2, -0.15) is 0 Å². The molecule has 1 aliphatic rings. The smallest absolute Gasteiger partial charge is 0.252 e. The third-order valence-electron chi connectivity index (χ3n) is 4.04. The second-order valence-corrected chi connectivity index (χ2v) is 7.55. The molecule has 0 unspecified atom stereocenters. The van der Waals surface area contributed by atoms with Gasteiger partial charge in [0.05, 0.1) is 21.4 Å². The van der Waals surface area contributed by atoms with E-state index in [-0.39, 0.29) is 11.2 Å². The van der Waals surface area contributed by atoms with Crippen molar-refractivity contribution in [3.63, 3.8) is 0 Å². The van der Waals surface area contributed by atoms with Crippen molar-refractivity contribution in [3.05, 3.63) is 47.7 Å². The van der Waals surface area contributed by atoms with Crippen LogP contribution in [0.2, 0.25) is 0 Å². The number of hydrogen-bond donors (Lipinski definition) is 1. The minimum absolute atomic E-state index is 0.0377. The van der Waals surface area contributed by atoms with Crippen molar-refractivity contribution in [1.29, 1.82) is 0 Å². The Bertz CT molecular complexity index is 936. The summed E-state index contributed by atoms with van der Waals surface area (Å²) in [5.41, 5.74) is 1.47. The molecule has 1 N–H and O–H groups in total. The van der Waals surface area contributed by atoms with Gasteiger partial charge < -0.3 is 9.73 Å². The van der Waals surface area contributed by atoms with Crippen LogP contribution in [0.5, 0.6) is 0 Å². The molecule has 2 aromatic heterocycles. The number of benzene rings is 1. The lowest BCUT2D eigenvalue weighted by molar-refractivity contribution is 0.0952. The van der Waals surface area contributed by atoms with Crippen LogP contribution in [0.15, 0.2) is 39.8 Å². The molecular formula is C18H18N4O2S. The molecule has 0 spiro atoms. The molecule has 1 atom stereocenters. The molecule has 4 rings (SSSR count). The summed E-state index contributed by atoms with van der Waals surface area (Å²) in [5, 5.41) is 12.6. The molecule has 1 aliphatic carbocycles. The Morgan fingerprint density at radius 3 is 2.84 bits per heavy atom. The molecule has 1 amide bonds. The second-order valence-electron chi connectivity index (χ2n) is 6.19. The molecule has 25 heavy (non-hydrogen) atoms. The maximum absolute atomic E-state index is 12.6. The number of para-hydroxylation sites is 1. The maximum atomic E-state index is 12.6. The fraction of sp³-hybridized carbons (Fsp3) is 0.333. The Morgan fingerprint density at radius 1 is 1.32 bits per heavy atom. The predicted octanol–water partition coefficient (Wildman–Crippen LogP) is 3.67. The van der Waals surface area contributed by atoms with E-state index in [1.165, 1.54) is 11.8 Å². The lowest BCUT2D eigenvalue weighted by atomic mass is 10.1. The third-order valence-corrected chi connectivity index (χ3v) is 5.04. The van der Waals surface area contributed by atoms with Crippen LogP contribution in [0.3, 0.4) is 0 Å². The number of nitrogens with zero attached hydrogens (tertiary/aromatic N) is 3. The molecule has 1 saturated carbocycles. The van der Waals surface area contributed by atoms with E-state index in [2.05, 4.69) is 20.5 Å². The number of aryl methyl sites for hydroxylation is 1. The molecule has 6 nitrogen and oxygen atoms in total. The van der Waals surface area contributed by atoms with Gasteiger partial charge in [-0.15, -0.1) is 10.2 Å². The average molecular weight is 354 g/mol. The van der Waals surface area contributed by atoms with Crippen molar-refractivity contribution in [2.24, 2.45) is 0 Å².